The summed E-state index contributed by atoms with van der Waals surface area (Å²) >= 11 is 0. The largest absolute Gasteiger partial charge is 0.463 e. The summed E-state index contributed by atoms with van der Waals surface area (Å²) in [6.07, 6.45) is 0.853. The van der Waals surface area contributed by atoms with Gasteiger partial charge >= 0.3 is 0 Å². The minimum atomic E-state index is -1.08. The van der Waals surface area contributed by atoms with Crippen molar-refractivity contribution in [3.8, 4) is 0 Å². The van der Waals surface area contributed by atoms with Gasteiger partial charge in [0.25, 0.3) is 0 Å². The zero-order valence-corrected chi connectivity index (χ0v) is 12.4. The number of aryl methyl sites for hydroxylation is 3. The molecular formula is C15H21N3O2. The minimum Gasteiger partial charge on any atom is -0.463 e. The van der Waals surface area contributed by atoms with Gasteiger partial charge in [0.05, 0.1) is 6.54 Å². The summed E-state index contributed by atoms with van der Waals surface area (Å²) in [4.78, 5) is 8.65. The third-order valence-electron chi connectivity index (χ3n) is 3.14. The van der Waals surface area contributed by atoms with Crippen LogP contribution in [0.25, 0.3) is 0 Å². The Morgan fingerprint density at radius 1 is 1.30 bits per heavy atom. The van der Waals surface area contributed by atoms with Gasteiger partial charge in [0, 0.05) is 11.8 Å². The number of aromatic nitrogens is 2. The SMILES string of the molecule is CCc1cc(NCC(C)(O)c2ccc(C)o2)nc(C)n1. The van der Waals surface area contributed by atoms with E-state index in [-0.39, 0.29) is 0 Å². The summed E-state index contributed by atoms with van der Waals surface area (Å²) < 4.78 is 5.48. The number of aliphatic hydroxyl groups is 1. The number of nitrogens with one attached hydrogen (secondary N) is 1. The lowest BCUT2D eigenvalue weighted by atomic mass is 10.0. The van der Waals surface area contributed by atoms with Crippen molar-refractivity contribution in [2.75, 3.05) is 11.9 Å². The second-order valence-electron chi connectivity index (χ2n) is 5.18. The molecule has 1 atom stereocenters. The van der Waals surface area contributed by atoms with Crippen LogP contribution in [0.5, 0.6) is 0 Å². The predicted octanol–water partition coefficient (Wildman–Crippen LogP) is 2.57. The lowest BCUT2D eigenvalue weighted by Gasteiger charge is -2.21. The van der Waals surface area contributed by atoms with E-state index in [2.05, 4.69) is 15.3 Å². The minimum absolute atomic E-state index is 0.319. The molecule has 2 heterocycles. The maximum Gasteiger partial charge on any atom is 0.137 e. The van der Waals surface area contributed by atoms with Crippen molar-refractivity contribution in [1.82, 2.24) is 9.97 Å². The molecule has 2 aromatic rings. The van der Waals surface area contributed by atoms with Crippen LogP contribution in [0, 0.1) is 13.8 Å². The van der Waals surface area contributed by atoms with Crippen molar-refractivity contribution in [2.45, 2.75) is 39.7 Å². The molecule has 108 valence electrons. The van der Waals surface area contributed by atoms with Crippen LogP contribution < -0.4 is 5.32 Å². The maximum absolute atomic E-state index is 10.5. The second-order valence-corrected chi connectivity index (χ2v) is 5.18. The highest BCUT2D eigenvalue weighted by Crippen LogP contribution is 2.23. The van der Waals surface area contributed by atoms with Crippen molar-refractivity contribution in [2.24, 2.45) is 0 Å². The van der Waals surface area contributed by atoms with Crippen LogP contribution in [0.2, 0.25) is 0 Å². The lowest BCUT2D eigenvalue weighted by molar-refractivity contribution is 0.0467. The number of nitrogens with zero attached hydrogens (tertiary/aromatic N) is 2. The summed E-state index contributed by atoms with van der Waals surface area (Å²) in [6, 6.07) is 5.53. The Hall–Kier alpha value is -1.88. The molecule has 2 rings (SSSR count). The van der Waals surface area contributed by atoms with E-state index in [0.717, 1.165) is 29.5 Å². The molecule has 2 N–H and O–H groups in total. The van der Waals surface area contributed by atoms with Crippen LogP contribution >= 0.6 is 0 Å². The first kappa shape index (κ1) is 14.5. The molecule has 20 heavy (non-hydrogen) atoms. The fourth-order valence-corrected chi connectivity index (χ4v) is 1.97. The molecule has 0 saturated carbocycles. The topological polar surface area (TPSA) is 71.2 Å². The summed E-state index contributed by atoms with van der Waals surface area (Å²) in [6.45, 7) is 7.80. The van der Waals surface area contributed by atoms with E-state index in [9.17, 15) is 5.11 Å². The first-order chi connectivity index (χ1) is 9.40. The molecule has 0 radical (unpaired) electrons. The Morgan fingerprint density at radius 3 is 2.65 bits per heavy atom. The first-order valence-corrected chi connectivity index (χ1v) is 6.78. The van der Waals surface area contributed by atoms with Crippen molar-refractivity contribution >= 4 is 5.82 Å². The predicted molar refractivity (Wildman–Crippen MR) is 77.7 cm³/mol. The summed E-state index contributed by atoms with van der Waals surface area (Å²) in [5.41, 5.74) is -0.104. The van der Waals surface area contributed by atoms with Gasteiger partial charge in [0.2, 0.25) is 0 Å². The Labute approximate surface area is 119 Å². The zero-order valence-electron chi connectivity index (χ0n) is 12.4. The van der Waals surface area contributed by atoms with Crippen LogP contribution in [0.3, 0.4) is 0 Å². The molecule has 0 aliphatic heterocycles. The fourth-order valence-electron chi connectivity index (χ4n) is 1.97. The Kier molecular flexibility index (Phi) is 4.09. The normalized spacial score (nSPS) is 14.1. The van der Waals surface area contributed by atoms with Gasteiger partial charge in [-0.25, -0.2) is 9.97 Å². The van der Waals surface area contributed by atoms with Crippen LogP contribution in [-0.4, -0.2) is 21.6 Å². The number of hydrogen-bond acceptors (Lipinski definition) is 5. The highest BCUT2D eigenvalue weighted by Gasteiger charge is 2.26. The van der Waals surface area contributed by atoms with Crippen LogP contribution in [-0.2, 0) is 12.0 Å². The highest BCUT2D eigenvalue weighted by molar-refractivity contribution is 5.37. The van der Waals surface area contributed by atoms with Crippen LogP contribution in [0.1, 0.15) is 36.9 Å². The third-order valence-corrected chi connectivity index (χ3v) is 3.14. The lowest BCUT2D eigenvalue weighted by Crippen LogP contribution is -2.30. The van der Waals surface area contributed by atoms with Crippen LogP contribution in [0.4, 0.5) is 5.82 Å². The molecule has 5 nitrogen and oxygen atoms in total. The van der Waals surface area contributed by atoms with Gasteiger partial charge in [-0.1, -0.05) is 6.92 Å². The average Bonchev–Trinajstić information content (AvgIpc) is 2.83. The number of hydrogen-bond donors (Lipinski definition) is 2. The van der Waals surface area contributed by atoms with E-state index in [4.69, 9.17) is 4.42 Å². The van der Waals surface area contributed by atoms with Crippen molar-refractivity contribution < 1.29 is 9.52 Å². The van der Waals surface area contributed by atoms with Crippen LogP contribution in [0.15, 0.2) is 22.6 Å². The molecule has 0 spiro atoms. The molecule has 0 saturated heterocycles. The number of furan rings is 1. The Morgan fingerprint density at radius 2 is 2.05 bits per heavy atom. The molecule has 0 amide bonds. The van der Waals surface area contributed by atoms with Gasteiger partial charge < -0.3 is 14.8 Å². The summed E-state index contributed by atoms with van der Waals surface area (Å²) in [5, 5.41) is 13.6. The van der Waals surface area contributed by atoms with E-state index in [0.29, 0.717) is 12.3 Å². The van der Waals surface area contributed by atoms with E-state index >= 15 is 0 Å². The molecule has 0 fully saturated rings. The number of anilines is 1. The van der Waals surface area contributed by atoms with Gasteiger partial charge in [-0.2, -0.15) is 0 Å². The monoisotopic (exact) mass is 275 g/mol. The van der Waals surface area contributed by atoms with Gasteiger partial charge in [-0.05, 0) is 39.3 Å². The molecule has 2 aromatic heterocycles. The standard InChI is InChI=1S/C15H21N3O2/c1-5-12-8-14(18-11(3)17-12)16-9-15(4,19)13-7-6-10(2)20-13/h6-8,19H,5,9H2,1-4H3,(H,16,17,18). The molecule has 5 heteroatoms. The number of rotatable bonds is 5. The maximum atomic E-state index is 10.5. The van der Waals surface area contributed by atoms with E-state index in [1.807, 2.05) is 32.9 Å². The molecule has 0 aliphatic rings. The molecule has 0 bridgehead atoms. The van der Waals surface area contributed by atoms with Gasteiger partial charge in [0.1, 0.15) is 28.8 Å². The van der Waals surface area contributed by atoms with Crippen molar-refractivity contribution in [3.63, 3.8) is 0 Å². The first-order valence-electron chi connectivity index (χ1n) is 6.78. The molecular weight excluding hydrogens is 254 g/mol. The van der Waals surface area contributed by atoms with Crippen molar-refractivity contribution in [1.29, 1.82) is 0 Å². The van der Waals surface area contributed by atoms with E-state index in [1.165, 1.54) is 0 Å². The van der Waals surface area contributed by atoms with E-state index in [1.54, 1.807) is 13.0 Å². The Bertz CT molecular complexity index is 591. The third kappa shape index (κ3) is 3.36. The summed E-state index contributed by atoms with van der Waals surface area (Å²) in [7, 11) is 0. The molecule has 0 aliphatic carbocycles. The fraction of sp³-hybridized carbons (Fsp3) is 0.467. The molecule has 1 unspecified atom stereocenters. The Balaban J connectivity index is 2.09. The quantitative estimate of drug-likeness (QED) is 0.877. The van der Waals surface area contributed by atoms with Gasteiger partial charge in [-0.15, -0.1) is 0 Å². The van der Waals surface area contributed by atoms with Crippen molar-refractivity contribution in [3.05, 3.63) is 41.2 Å². The van der Waals surface area contributed by atoms with Gasteiger partial charge in [-0.3, -0.25) is 0 Å². The van der Waals surface area contributed by atoms with E-state index < -0.39 is 5.60 Å². The summed E-state index contributed by atoms with van der Waals surface area (Å²) in [5.74, 6) is 2.77. The smallest absolute Gasteiger partial charge is 0.137 e. The average molecular weight is 275 g/mol. The molecule has 0 aromatic carbocycles. The zero-order chi connectivity index (χ0) is 14.8. The van der Waals surface area contributed by atoms with Gasteiger partial charge in [0.15, 0.2) is 0 Å². The highest BCUT2D eigenvalue weighted by atomic mass is 16.4. The second kappa shape index (κ2) is 5.63.